The quantitative estimate of drug-likeness (QED) is 0.268. The van der Waals surface area contributed by atoms with E-state index in [0.717, 1.165) is 5.56 Å². The van der Waals surface area contributed by atoms with Gasteiger partial charge in [-0.2, -0.15) is 9.78 Å². The first kappa shape index (κ1) is 20.0. The lowest BCUT2D eigenvalue weighted by molar-refractivity contribution is 0.0725. The number of benzene rings is 3. The zero-order chi connectivity index (χ0) is 21.6. The van der Waals surface area contributed by atoms with Crippen molar-refractivity contribution in [2.75, 3.05) is 7.11 Å². The van der Waals surface area contributed by atoms with Crippen LogP contribution in [-0.2, 0) is 0 Å². The summed E-state index contributed by atoms with van der Waals surface area (Å²) in [5, 5.41) is 12.4. The Kier molecular flexibility index (Phi) is 5.79. The maximum absolute atomic E-state index is 13.8. The average molecular weight is 416 g/mol. The van der Waals surface area contributed by atoms with Crippen LogP contribution in [0.2, 0.25) is 0 Å². The van der Waals surface area contributed by atoms with Gasteiger partial charge in [-0.25, -0.2) is 9.18 Å². The van der Waals surface area contributed by atoms with Gasteiger partial charge < -0.3 is 9.47 Å². The lowest BCUT2D eigenvalue weighted by Gasteiger charge is -2.10. The molecule has 31 heavy (non-hydrogen) atoms. The van der Waals surface area contributed by atoms with Crippen molar-refractivity contribution in [2.45, 2.75) is 0 Å². The van der Waals surface area contributed by atoms with Gasteiger partial charge >= 0.3 is 5.97 Å². The number of hydrogen-bond acceptors (Lipinski definition) is 6. The fourth-order valence-corrected chi connectivity index (χ4v) is 2.85. The Morgan fingerprint density at radius 3 is 2.58 bits per heavy atom. The SMILES string of the molecule is COc1cc(/C=N\n2cnnc2-c2ccccc2)ccc1OC(=O)c1ccccc1F. The molecule has 0 radical (unpaired) electrons. The maximum Gasteiger partial charge on any atom is 0.346 e. The van der Waals surface area contributed by atoms with Crippen molar-refractivity contribution in [3.63, 3.8) is 0 Å². The Labute approximate surface area is 177 Å². The topological polar surface area (TPSA) is 78.6 Å². The van der Waals surface area contributed by atoms with Crippen molar-refractivity contribution >= 4 is 12.2 Å². The first-order chi connectivity index (χ1) is 15.2. The molecule has 1 aromatic heterocycles. The molecule has 0 unspecified atom stereocenters. The first-order valence-electron chi connectivity index (χ1n) is 9.30. The average Bonchev–Trinajstić information content (AvgIpc) is 3.28. The molecule has 0 fully saturated rings. The van der Waals surface area contributed by atoms with E-state index >= 15 is 0 Å². The number of esters is 1. The summed E-state index contributed by atoms with van der Waals surface area (Å²) in [6.45, 7) is 0. The van der Waals surface area contributed by atoms with Gasteiger partial charge in [0.2, 0.25) is 0 Å². The fraction of sp³-hybridized carbons (Fsp3) is 0.0435. The number of ether oxygens (including phenoxy) is 2. The third-order valence-electron chi connectivity index (χ3n) is 4.38. The number of halogens is 1. The number of carbonyl (C=O) groups excluding carboxylic acids is 1. The molecule has 0 bridgehead atoms. The molecule has 0 aliphatic carbocycles. The van der Waals surface area contributed by atoms with Crippen LogP contribution in [-0.4, -0.2) is 34.2 Å². The molecule has 4 rings (SSSR count). The lowest BCUT2D eigenvalue weighted by atomic mass is 10.2. The third-order valence-corrected chi connectivity index (χ3v) is 4.38. The highest BCUT2D eigenvalue weighted by Crippen LogP contribution is 2.28. The lowest BCUT2D eigenvalue weighted by Crippen LogP contribution is -2.11. The first-order valence-corrected chi connectivity index (χ1v) is 9.30. The van der Waals surface area contributed by atoms with E-state index in [2.05, 4.69) is 15.3 Å². The van der Waals surface area contributed by atoms with E-state index in [1.54, 1.807) is 35.2 Å². The summed E-state index contributed by atoms with van der Waals surface area (Å²) in [6, 6.07) is 20.1. The highest BCUT2D eigenvalue weighted by molar-refractivity contribution is 5.92. The number of nitrogens with zero attached hydrogens (tertiary/aromatic N) is 4. The molecule has 0 aliphatic rings. The van der Waals surface area contributed by atoms with E-state index in [4.69, 9.17) is 9.47 Å². The van der Waals surface area contributed by atoms with Crippen molar-refractivity contribution in [1.82, 2.24) is 14.9 Å². The second kappa shape index (κ2) is 9.00. The standard InChI is InChI=1S/C23H17FN4O3/c1-30-21-13-16(11-12-20(21)31-23(29)18-9-5-6-10-19(18)24)14-26-28-15-25-27-22(28)17-7-3-2-4-8-17/h2-15H,1H3/b26-14-. The number of aromatic nitrogens is 3. The molecule has 0 saturated carbocycles. The van der Waals surface area contributed by atoms with Crippen LogP contribution >= 0.6 is 0 Å². The van der Waals surface area contributed by atoms with E-state index in [-0.39, 0.29) is 11.3 Å². The van der Waals surface area contributed by atoms with Crippen LogP contribution in [0.3, 0.4) is 0 Å². The minimum Gasteiger partial charge on any atom is -0.493 e. The van der Waals surface area contributed by atoms with Crippen LogP contribution in [0.1, 0.15) is 15.9 Å². The minimum atomic E-state index is -0.810. The van der Waals surface area contributed by atoms with Gasteiger partial charge in [0.1, 0.15) is 12.1 Å². The van der Waals surface area contributed by atoms with Gasteiger partial charge in [0.25, 0.3) is 0 Å². The molecular weight excluding hydrogens is 399 g/mol. The molecule has 0 atom stereocenters. The zero-order valence-corrected chi connectivity index (χ0v) is 16.5. The molecule has 0 aliphatic heterocycles. The highest BCUT2D eigenvalue weighted by atomic mass is 19.1. The predicted molar refractivity (Wildman–Crippen MR) is 113 cm³/mol. The molecule has 0 spiro atoms. The normalized spacial score (nSPS) is 10.9. The Hall–Kier alpha value is -4.33. The van der Waals surface area contributed by atoms with Gasteiger partial charge in [0, 0.05) is 5.56 Å². The maximum atomic E-state index is 13.8. The summed E-state index contributed by atoms with van der Waals surface area (Å²) in [7, 11) is 1.45. The van der Waals surface area contributed by atoms with Crippen LogP contribution < -0.4 is 9.47 Å². The molecule has 4 aromatic rings. The van der Waals surface area contributed by atoms with Crippen LogP contribution in [0.15, 0.2) is 84.2 Å². The second-order valence-electron chi connectivity index (χ2n) is 6.39. The monoisotopic (exact) mass is 416 g/mol. The van der Waals surface area contributed by atoms with Crippen LogP contribution in [0.5, 0.6) is 11.5 Å². The fourth-order valence-electron chi connectivity index (χ4n) is 2.85. The summed E-state index contributed by atoms with van der Waals surface area (Å²) in [4.78, 5) is 12.3. The third kappa shape index (κ3) is 4.48. The predicted octanol–water partition coefficient (Wildman–Crippen LogP) is 4.19. The van der Waals surface area contributed by atoms with Crippen LogP contribution in [0.25, 0.3) is 11.4 Å². The van der Waals surface area contributed by atoms with E-state index in [0.29, 0.717) is 17.1 Å². The van der Waals surface area contributed by atoms with Crippen molar-refractivity contribution in [3.8, 4) is 22.9 Å². The van der Waals surface area contributed by atoms with E-state index in [1.807, 2.05) is 30.3 Å². The Bertz CT molecular complexity index is 1240. The van der Waals surface area contributed by atoms with E-state index in [9.17, 15) is 9.18 Å². The molecule has 8 heteroatoms. The van der Waals surface area contributed by atoms with Crippen molar-refractivity contribution < 1.29 is 18.7 Å². The smallest absolute Gasteiger partial charge is 0.346 e. The number of hydrogen-bond donors (Lipinski definition) is 0. The molecule has 1 heterocycles. The van der Waals surface area contributed by atoms with Gasteiger partial charge in [-0.05, 0) is 35.9 Å². The van der Waals surface area contributed by atoms with Crippen LogP contribution in [0, 0.1) is 5.82 Å². The Balaban J connectivity index is 1.55. The Morgan fingerprint density at radius 2 is 1.81 bits per heavy atom. The van der Waals surface area contributed by atoms with Gasteiger partial charge in [0.15, 0.2) is 17.3 Å². The second-order valence-corrected chi connectivity index (χ2v) is 6.39. The zero-order valence-electron chi connectivity index (χ0n) is 16.5. The molecular formula is C23H17FN4O3. The van der Waals surface area contributed by atoms with Crippen molar-refractivity contribution in [3.05, 3.63) is 96.1 Å². The largest absolute Gasteiger partial charge is 0.493 e. The summed E-state index contributed by atoms with van der Waals surface area (Å²) >= 11 is 0. The van der Waals surface area contributed by atoms with E-state index in [1.165, 1.54) is 31.6 Å². The number of methoxy groups -OCH3 is 1. The molecule has 3 aromatic carbocycles. The molecule has 154 valence electrons. The molecule has 0 N–H and O–H groups in total. The van der Waals surface area contributed by atoms with Crippen molar-refractivity contribution in [1.29, 1.82) is 0 Å². The van der Waals surface area contributed by atoms with Gasteiger partial charge in [0.05, 0.1) is 18.9 Å². The summed E-state index contributed by atoms with van der Waals surface area (Å²) in [5.41, 5.74) is 1.41. The summed E-state index contributed by atoms with van der Waals surface area (Å²) < 4.78 is 26.0. The molecule has 7 nitrogen and oxygen atoms in total. The van der Waals surface area contributed by atoms with Gasteiger partial charge in [-0.1, -0.05) is 42.5 Å². The highest BCUT2D eigenvalue weighted by Gasteiger charge is 2.16. The van der Waals surface area contributed by atoms with Gasteiger partial charge in [-0.3, -0.25) is 0 Å². The Morgan fingerprint density at radius 1 is 1.03 bits per heavy atom. The van der Waals surface area contributed by atoms with E-state index < -0.39 is 11.8 Å². The van der Waals surface area contributed by atoms with Gasteiger partial charge in [-0.15, -0.1) is 10.2 Å². The molecule has 0 saturated heterocycles. The summed E-state index contributed by atoms with van der Waals surface area (Å²) in [5.74, 6) is -0.393. The van der Waals surface area contributed by atoms with Crippen LogP contribution in [0.4, 0.5) is 4.39 Å². The number of rotatable bonds is 6. The summed E-state index contributed by atoms with van der Waals surface area (Å²) in [6.07, 6.45) is 3.10. The number of carbonyl (C=O) groups is 1. The minimum absolute atomic E-state index is 0.156. The van der Waals surface area contributed by atoms with Crippen molar-refractivity contribution in [2.24, 2.45) is 5.10 Å². The molecule has 0 amide bonds.